The number of aromatic amines is 1. The summed E-state index contributed by atoms with van der Waals surface area (Å²) in [6.07, 6.45) is 4.18. The second-order valence-electron chi connectivity index (χ2n) is 3.63. The van der Waals surface area contributed by atoms with Gasteiger partial charge in [-0.3, -0.25) is 9.89 Å². The van der Waals surface area contributed by atoms with Crippen LogP contribution in [0, 0.1) is 5.92 Å². The van der Waals surface area contributed by atoms with E-state index in [1.54, 1.807) is 6.20 Å². The molecule has 0 aromatic carbocycles. The van der Waals surface area contributed by atoms with E-state index in [2.05, 4.69) is 29.4 Å². The van der Waals surface area contributed by atoms with E-state index in [4.69, 9.17) is 0 Å². The number of hydrogen-bond donors (Lipinski definition) is 2. The van der Waals surface area contributed by atoms with Gasteiger partial charge in [0.1, 0.15) is 0 Å². The van der Waals surface area contributed by atoms with Gasteiger partial charge in [0.25, 0.3) is 5.91 Å². The molecule has 0 bridgehead atoms. The van der Waals surface area contributed by atoms with Crippen molar-refractivity contribution >= 4 is 5.91 Å². The first kappa shape index (κ1) is 10.8. The summed E-state index contributed by atoms with van der Waals surface area (Å²) in [5.74, 6) is 0.428. The Morgan fingerprint density at radius 1 is 1.64 bits per heavy atom. The second kappa shape index (κ2) is 4.79. The van der Waals surface area contributed by atoms with Crippen molar-refractivity contribution in [3.63, 3.8) is 0 Å². The summed E-state index contributed by atoms with van der Waals surface area (Å²) in [6, 6.07) is 0.197. The molecule has 0 fully saturated rings. The van der Waals surface area contributed by atoms with Gasteiger partial charge in [-0.15, -0.1) is 0 Å². The molecule has 2 unspecified atom stereocenters. The molecule has 1 aromatic heterocycles. The molecular weight excluding hydrogens is 178 g/mol. The lowest BCUT2D eigenvalue weighted by Crippen LogP contribution is -2.36. The number of carbonyl (C=O) groups excluding carboxylic acids is 1. The standard InChI is InChI=1S/C10H17N3O/c1-4-7(2)8(3)13-10(14)9-5-11-12-6-9/h5-8H,4H2,1-3H3,(H,11,12)(H,13,14). The van der Waals surface area contributed by atoms with Gasteiger partial charge in [0.05, 0.1) is 11.8 Å². The average Bonchev–Trinajstić information content (AvgIpc) is 2.69. The summed E-state index contributed by atoms with van der Waals surface area (Å²) in [5, 5.41) is 9.28. The highest BCUT2D eigenvalue weighted by Gasteiger charge is 2.14. The number of amides is 1. The summed E-state index contributed by atoms with van der Waals surface area (Å²) >= 11 is 0. The Hall–Kier alpha value is -1.32. The molecule has 2 atom stereocenters. The molecule has 0 aliphatic rings. The first-order valence-electron chi connectivity index (χ1n) is 4.94. The van der Waals surface area contributed by atoms with Crippen LogP contribution in [0.4, 0.5) is 0 Å². The predicted molar refractivity (Wildman–Crippen MR) is 55.0 cm³/mol. The molecule has 1 heterocycles. The van der Waals surface area contributed by atoms with E-state index in [-0.39, 0.29) is 11.9 Å². The van der Waals surface area contributed by atoms with Gasteiger partial charge in [-0.25, -0.2) is 0 Å². The minimum Gasteiger partial charge on any atom is -0.349 e. The van der Waals surface area contributed by atoms with E-state index in [0.29, 0.717) is 11.5 Å². The first-order chi connectivity index (χ1) is 6.65. The molecule has 0 saturated heterocycles. The topological polar surface area (TPSA) is 57.8 Å². The number of nitrogens with one attached hydrogen (secondary N) is 2. The zero-order chi connectivity index (χ0) is 10.6. The molecule has 0 aliphatic carbocycles. The van der Waals surface area contributed by atoms with E-state index < -0.39 is 0 Å². The smallest absolute Gasteiger partial charge is 0.254 e. The number of H-pyrrole nitrogens is 1. The van der Waals surface area contributed by atoms with Crippen LogP contribution in [0.3, 0.4) is 0 Å². The molecule has 0 aliphatic heterocycles. The van der Waals surface area contributed by atoms with Crippen molar-refractivity contribution in [1.29, 1.82) is 0 Å². The van der Waals surface area contributed by atoms with Gasteiger partial charge in [-0.05, 0) is 12.8 Å². The predicted octanol–water partition coefficient (Wildman–Crippen LogP) is 1.57. The second-order valence-corrected chi connectivity index (χ2v) is 3.63. The lowest BCUT2D eigenvalue weighted by molar-refractivity contribution is 0.0928. The fourth-order valence-corrected chi connectivity index (χ4v) is 1.16. The molecule has 1 aromatic rings. The van der Waals surface area contributed by atoms with Gasteiger partial charge in [0.2, 0.25) is 0 Å². The number of aromatic nitrogens is 2. The van der Waals surface area contributed by atoms with E-state index in [1.807, 2.05) is 6.92 Å². The molecule has 4 nitrogen and oxygen atoms in total. The zero-order valence-electron chi connectivity index (χ0n) is 8.87. The van der Waals surface area contributed by atoms with E-state index >= 15 is 0 Å². The first-order valence-corrected chi connectivity index (χ1v) is 4.94. The van der Waals surface area contributed by atoms with Crippen LogP contribution < -0.4 is 5.32 Å². The molecule has 4 heteroatoms. The van der Waals surface area contributed by atoms with Gasteiger partial charge < -0.3 is 5.32 Å². The normalized spacial score (nSPS) is 14.8. The molecule has 14 heavy (non-hydrogen) atoms. The van der Waals surface area contributed by atoms with E-state index in [9.17, 15) is 4.79 Å². The van der Waals surface area contributed by atoms with Crippen LogP contribution >= 0.6 is 0 Å². The number of rotatable bonds is 4. The van der Waals surface area contributed by atoms with Crippen molar-refractivity contribution in [2.24, 2.45) is 5.92 Å². The van der Waals surface area contributed by atoms with Crippen molar-refractivity contribution in [3.8, 4) is 0 Å². The lowest BCUT2D eigenvalue weighted by atomic mass is 10.0. The molecule has 0 radical (unpaired) electrons. The summed E-state index contributed by atoms with van der Waals surface area (Å²) in [6.45, 7) is 6.26. The van der Waals surface area contributed by atoms with Crippen LogP contribution in [0.1, 0.15) is 37.6 Å². The highest BCUT2D eigenvalue weighted by atomic mass is 16.1. The summed E-state index contributed by atoms with van der Waals surface area (Å²) < 4.78 is 0. The molecule has 1 rings (SSSR count). The average molecular weight is 195 g/mol. The Kier molecular flexibility index (Phi) is 3.68. The highest BCUT2D eigenvalue weighted by Crippen LogP contribution is 2.07. The monoisotopic (exact) mass is 195 g/mol. The molecule has 78 valence electrons. The Balaban J connectivity index is 2.49. The molecule has 1 amide bonds. The van der Waals surface area contributed by atoms with Gasteiger partial charge in [-0.2, -0.15) is 5.10 Å². The minimum atomic E-state index is -0.0634. The van der Waals surface area contributed by atoms with Crippen LogP contribution in [0.25, 0.3) is 0 Å². The fraction of sp³-hybridized carbons (Fsp3) is 0.600. The van der Waals surface area contributed by atoms with Gasteiger partial charge in [-0.1, -0.05) is 20.3 Å². The maximum atomic E-state index is 11.6. The van der Waals surface area contributed by atoms with Crippen LogP contribution in [0.5, 0.6) is 0 Å². The van der Waals surface area contributed by atoms with Crippen molar-refractivity contribution < 1.29 is 4.79 Å². The third-order valence-corrected chi connectivity index (χ3v) is 2.62. The molecular formula is C10H17N3O. The minimum absolute atomic E-state index is 0.0634. The van der Waals surface area contributed by atoms with Crippen LogP contribution in [0.15, 0.2) is 12.4 Å². The maximum Gasteiger partial charge on any atom is 0.254 e. The molecule has 0 spiro atoms. The largest absolute Gasteiger partial charge is 0.349 e. The van der Waals surface area contributed by atoms with Gasteiger partial charge in [0, 0.05) is 12.2 Å². The zero-order valence-corrected chi connectivity index (χ0v) is 8.87. The molecule has 2 N–H and O–H groups in total. The number of nitrogens with zero attached hydrogens (tertiary/aromatic N) is 1. The lowest BCUT2D eigenvalue weighted by Gasteiger charge is -2.19. The van der Waals surface area contributed by atoms with Crippen LogP contribution in [-0.4, -0.2) is 22.1 Å². The van der Waals surface area contributed by atoms with Crippen LogP contribution in [0.2, 0.25) is 0 Å². The Labute approximate surface area is 84.1 Å². The Morgan fingerprint density at radius 3 is 2.86 bits per heavy atom. The van der Waals surface area contributed by atoms with Crippen molar-refractivity contribution in [3.05, 3.63) is 18.0 Å². The van der Waals surface area contributed by atoms with Gasteiger partial charge in [0.15, 0.2) is 0 Å². The number of hydrogen-bond acceptors (Lipinski definition) is 2. The van der Waals surface area contributed by atoms with Crippen molar-refractivity contribution in [1.82, 2.24) is 15.5 Å². The van der Waals surface area contributed by atoms with E-state index in [1.165, 1.54) is 6.20 Å². The van der Waals surface area contributed by atoms with Crippen LogP contribution in [-0.2, 0) is 0 Å². The third-order valence-electron chi connectivity index (χ3n) is 2.62. The Bertz CT molecular complexity index is 282. The van der Waals surface area contributed by atoms with Crippen molar-refractivity contribution in [2.75, 3.05) is 0 Å². The third kappa shape index (κ3) is 2.58. The van der Waals surface area contributed by atoms with Crippen molar-refractivity contribution in [2.45, 2.75) is 33.2 Å². The number of carbonyl (C=O) groups is 1. The molecule has 0 saturated carbocycles. The SMILES string of the molecule is CCC(C)C(C)NC(=O)c1cn[nH]c1. The summed E-state index contributed by atoms with van der Waals surface area (Å²) in [7, 11) is 0. The van der Waals surface area contributed by atoms with Gasteiger partial charge >= 0.3 is 0 Å². The summed E-state index contributed by atoms with van der Waals surface area (Å²) in [4.78, 5) is 11.6. The maximum absolute atomic E-state index is 11.6. The highest BCUT2D eigenvalue weighted by molar-refractivity contribution is 5.93. The quantitative estimate of drug-likeness (QED) is 0.766. The summed E-state index contributed by atoms with van der Waals surface area (Å²) in [5.41, 5.74) is 0.583. The fourth-order valence-electron chi connectivity index (χ4n) is 1.16. The van der Waals surface area contributed by atoms with E-state index in [0.717, 1.165) is 6.42 Å². The Morgan fingerprint density at radius 2 is 2.36 bits per heavy atom.